The maximum Gasteiger partial charge on any atom is 0.142 e. The van der Waals surface area contributed by atoms with E-state index in [2.05, 4.69) is 6.92 Å². The highest BCUT2D eigenvalue weighted by atomic mass is 16.1. The van der Waals surface area contributed by atoms with E-state index in [1.807, 2.05) is 6.08 Å². The number of allylic oxidation sites excluding steroid dienone is 4. The quantitative estimate of drug-likeness (QED) is 0.249. The zero-order valence-electron chi connectivity index (χ0n) is 13.0. The Morgan fingerprint density at radius 1 is 0.800 bits per heavy atom. The van der Waals surface area contributed by atoms with E-state index in [0.29, 0.717) is 0 Å². The van der Waals surface area contributed by atoms with Gasteiger partial charge in [0.1, 0.15) is 12.6 Å². The lowest BCUT2D eigenvalue weighted by Gasteiger charge is -2.06. The van der Waals surface area contributed by atoms with E-state index < -0.39 is 0 Å². The van der Waals surface area contributed by atoms with Crippen molar-refractivity contribution >= 4 is 12.6 Å². The standard InChI is InChI=1S/C18H30O2/c1-2-3-4-10-13-18(15-17-20)14-11-8-6-5-7-9-12-16-19/h9,12,15-17H,2-8,10-11,13-14H2,1H3. The Labute approximate surface area is 124 Å². The minimum atomic E-state index is 0.828. The molecule has 114 valence electrons. The molecule has 0 saturated carbocycles. The molecule has 20 heavy (non-hydrogen) atoms. The van der Waals surface area contributed by atoms with Gasteiger partial charge in [-0.05, 0) is 50.7 Å². The van der Waals surface area contributed by atoms with E-state index in [4.69, 9.17) is 0 Å². The molecule has 0 fully saturated rings. The number of hydrogen-bond acceptors (Lipinski definition) is 2. The summed E-state index contributed by atoms with van der Waals surface area (Å²) in [6.07, 6.45) is 19.9. The number of unbranched alkanes of at least 4 members (excludes halogenated alkanes) is 7. The highest BCUT2D eigenvalue weighted by molar-refractivity contribution is 5.66. The number of carbonyl (C=O) groups excluding carboxylic acids is 2. The van der Waals surface area contributed by atoms with Gasteiger partial charge in [-0.3, -0.25) is 9.59 Å². The van der Waals surface area contributed by atoms with Gasteiger partial charge in [-0.2, -0.15) is 0 Å². The molecule has 0 aromatic heterocycles. The molecule has 0 aliphatic heterocycles. The molecule has 0 unspecified atom stereocenters. The fraction of sp³-hybridized carbons (Fsp3) is 0.667. The Hall–Kier alpha value is -1.18. The number of hydrogen-bond donors (Lipinski definition) is 0. The fourth-order valence-corrected chi connectivity index (χ4v) is 2.29. The fourth-order valence-electron chi connectivity index (χ4n) is 2.29. The van der Waals surface area contributed by atoms with Gasteiger partial charge in [-0.25, -0.2) is 0 Å². The Kier molecular flexibility index (Phi) is 14.9. The summed E-state index contributed by atoms with van der Waals surface area (Å²) in [5.74, 6) is 0. The zero-order valence-corrected chi connectivity index (χ0v) is 13.0. The molecular weight excluding hydrogens is 248 g/mol. The van der Waals surface area contributed by atoms with Crippen LogP contribution in [0.3, 0.4) is 0 Å². The molecule has 0 radical (unpaired) electrons. The molecule has 0 atom stereocenters. The summed E-state index contributed by atoms with van der Waals surface area (Å²) < 4.78 is 0. The van der Waals surface area contributed by atoms with Crippen molar-refractivity contribution in [2.75, 3.05) is 0 Å². The van der Waals surface area contributed by atoms with Crippen LogP contribution in [0.2, 0.25) is 0 Å². The molecule has 0 saturated heterocycles. The van der Waals surface area contributed by atoms with Crippen LogP contribution in [0.4, 0.5) is 0 Å². The predicted molar refractivity (Wildman–Crippen MR) is 85.8 cm³/mol. The third-order valence-electron chi connectivity index (χ3n) is 3.49. The van der Waals surface area contributed by atoms with Gasteiger partial charge in [0.2, 0.25) is 0 Å². The molecule has 0 spiro atoms. The van der Waals surface area contributed by atoms with Crippen LogP contribution in [-0.2, 0) is 9.59 Å². The lowest BCUT2D eigenvalue weighted by atomic mass is 10.00. The van der Waals surface area contributed by atoms with Crippen molar-refractivity contribution < 1.29 is 9.59 Å². The Bertz CT molecular complexity index is 290. The lowest BCUT2D eigenvalue weighted by molar-refractivity contribution is -0.104. The van der Waals surface area contributed by atoms with Gasteiger partial charge in [0.15, 0.2) is 0 Å². The predicted octanol–water partition coefficient (Wildman–Crippen LogP) is 5.18. The summed E-state index contributed by atoms with van der Waals surface area (Å²) in [5.41, 5.74) is 1.32. The van der Waals surface area contributed by atoms with Gasteiger partial charge in [-0.15, -0.1) is 0 Å². The van der Waals surface area contributed by atoms with Gasteiger partial charge in [-0.1, -0.05) is 50.7 Å². The van der Waals surface area contributed by atoms with Crippen LogP contribution in [0.1, 0.15) is 77.6 Å². The third-order valence-corrected chi connectivity index (χ3v) is 3.49. The van der Waals surface area contributed by atoms with E-state index in [9.17, 15) is 9.59 Å². The Morgan fingerprint density at radius 3 is 2.05 bits per heavy atom. The van der Waals surface area contributed by atoms with Gasteiger partial charge >= 0.3 is 0 Å². The lowest BCUT2D eigenvalue weighted by Crippen LogP contribution is -1.88. The van der Waals surface area contributed by atoms with Gasteiger partial charge in [0.05, 0.1) is 0 Å². The molecule has 0 amide bonds. The first kappa shape index (κ1) is 18.8. The molecule has 0 heterocycles. The molecule has 2 nitrogen and oxygen atoms in total. The first-order valence-corrected chi connectivity index (χ1v) is 8.08. The third kappa shape index (κ3) is 13.3. The van der Waals surface area contributed by atoms with Crippen LogP contribution in [0.15, 0.2) is 23.8 Å². The minimum Gasteiger partial charge on any atom is -0.299 e. The van der Waals surface area contributed by atoms with E-state index in [1.54, 1.807) is 12.2 Å². The van der Waals surface area contributed by atoms with Crippen molar-refractivity contribution in [3.63, 3.8) is 0 Å². The van der Waals surface area contributed by atoms with Gasteiger partial charge in [0, 0.05) is 0 Å². The van der Waals surface area contributed by atoms with Crippen molar-refractivity contribution in [2.24, 2.45) is 0 Å². The topological polar surface area (TPSA) is 34.1 Å². The Morgan fingerprint density at radius 2 is 1.45 bits per heavy atom. The monoisotopic (exact) mass is 278 g/mol. The van der Waals surface area contributed by atoms with E-state index in [1.165, 1.54) is 50.5 Å². The maximum atomic E-state index is 10.6. The van der Waals surface area contributed by atoms with Crippen LogP contribution >= 0.6 is 0 Å². The summed E-state index contributed by atoms with van der Waals surface area (Å²) in [5, 5.41) is 0. The molecule has 0 aliphatic carbocycles. The molecule has 0 aliphatic rings. The van der Waals surface area contributed by atoms with Gasteiger partial charge in [0.25, 0.3) is 0 Å². The summed E-state index contributed by atoms with van der Waals surface area (Å²) in [6.45, 7) is 2.21. The van der Waals surface area contributed by atoms with E-state index >= 15 is 0 Å². The van der Waals surface area contributed by atoms with E-state index in [0.717, 1.165) is 38.3 Å². The number of rotatable bonds is 14. The first-order valence-electron chi connectivity index (χ1n) is 8.08. The molecule has 0 aromatic carbocycles. The summed E-state index contributed by atoms with van der Waals surface area (Å²) in [4.78, 5) is 20.7. The summed E-state index contributed by atoms with van der Waals surface area (Å²) >= 11 is 0. The molecule has 0 N–H and O–H groups in total. The van der Waals surface area contributed by atoms with Crippen LogP contribution in [0.25, 0.3) is 0 Å². The van der Waals surface area contributed by atoms with Gasteiger partial charge < -0.3 is 0 Å². The molecular formula is C18H30O2. The number of carbonyl (C=O) groups is 2. The van der Waals surface area contributed by atoms with Crippen molar-refractivity contribution in [3.05, 3.63) is 23.8 Å². The summed E-state index contributed by atoms with van der Waals surface area (Å²) in [6, 6.07) is 0. The van der Waals surface area contributed by atoms with Crippen LogP contribution in [0, 0.1) is 0 Å². The first-order chi connectivity index (χ1) is 9.85. The smallest absolute Gasteiger partial charge is 0.142 e. The average Bonchev–Trinajstić information content (AvgIpc) is 2.46. The maximum absolute atomic E-state index is 10.6. The Balaban J connectivity index is 3.60. The molecule has 0 rings (SSSR count). The minimum absolute atomic E-state index is 0.828. The highest BCUT2D eigenvalue weighted by Crippen LogP contribution is 2.17. The van der Waals surface area contributed by atoms with Crippen molar-refractivity contribution in [1.29, 1.82) is 0 Å². The number of aldehydes is 2. The van der Waals surface area contributed by atoms with Crippen LogP contribution in [-0.4, -0.2) is 12.6 Å². The van der Waals surface area contributed by atoms with Crippen molar-refractivity contribution in [1.82, 2.24) is 0 Å². The second-order valence-electron chi connectivity index (χ2n) is 5.29. The average molecular weight is 278 g/mol. The van der Waals surface area contributed by atoms with Crippen molar-refractivity contribution in [3.8, 4) is 0 Å². The normalized spacial score (nSPS) is 11.9. The SMILES string of the molecule is CCCCCCC(=CC=O)CCCCCCC=CC=O. The van der Waals surface area contributed by atoms with Crippen molar-refractivity contribution in [2.45, 2.75) is 77.6 Å². The highest BCUT2D eigenvalue weighted by Gasteiger charge is 1.98. The summed E-state index contributed by atoms with van der Waals surface area (Å²) in [7, 11) is 0. The molecule has 0 bridgehead atoms. The molecule has 0 aromatic rings. The van der Waals surface area contributed by atoms with Crippen LogP contribution in [0.5, 0.6) is 0 Å². The zero-order chi connectivity index (χ0) is 14.9. The van der Waals surface area contributed by atoms with E-state index in [-0.39, 0.29) is 0 Å². The second-order valence-corrected chi connectivity index (χ2v) is 5.29. The van der Waals surface area contributed by atoms with Crippen LogP contribution < -0.4 is 0 Å². The second kappa shape index (κ2) is 15.9. The molecule has 2 heteroatoms. The largest absolute Gasteiger partial charge is 0.299 e.